The van der Waals surface area contributed by atoms with Gasteiger partial charge in [-0.2, -0.15) is 0 Å². The van der Waals surface area contributed by atoms with Gasteiger partial charge in [-0.15, -0.1) is 0 Å². The van der Waals surface area contributed by atoms with Crippen LogP contribution in [0.4, 0.5) is 0 Å². The van der Waals surface area contributed by atoms with Crippen molar-refractivity contribution in [2.75, 3.05) is 7.11 Å². The molecule has 43 heavy (non-hydrogen) atoms. The van der Waals surface area contributed by atoms with Gasteiger partial charge in [0, 0.05) is 0 Å². The van der Waals surface area contributed by atoms with Gasteiger partial charge in [-0.1, -0.05) is 65.0 Å². The molecule has 0 radical (unpaired) electrons. The molecular weight excluding hydrogens is 534 g/mol. The lowest BCUT2D eigenvalue weighted by molar-refractivity contribution is -0.226. The summed E-state index contributed by atoms with van der Waals surface area (Å²) in [5.41, 5.74) is 6.59. The van der Waals surface area contributed by atoms with Crippen molar-refractivity contribution in [1.29, 1.82) is 0 Å². The largest absolute Gasteiger partial charge is 0.465 e. The number of nitrogens with one attached hydrogen (secondary N) is 1. The van der Waals surface area contributed by atoms with Crippen LogP contribution in [0.5, 0.6) is 0 Å². The average molecular weight is 588 g/mol. The molecule has 5 heteroatoms. The fourth-order valence-corrected chi connectivity index (χ4v) is 12.6. The lowest BCUT2D eigenvalue weighted by Gasteiger charge is -2.72. The van der Waals surface area contributed by atoms with E-state index in [1.807, 2.05) is 12.1 Å². The van der Waals surface area contributed by atoms with E-state index in [9.17, 15) is 14.8 Å². The number of methoxy groups -OCH3 is 1. The Morgan fingerprint density at radius 3 is 2.23 bits per heavy atom. The maximum Gasteiger partial charge on any atom is 0.337 e. The Morgan fingerprint density at radius 1 is 0.907 bits per heavy atom. The highest BCUT2D eigenvalue weighted by Gasteiger charge is 2.71. The van der Waals surface area contributed by atoms with Crippen LogP contribution in [0, 0.1) is 56.7 Å². The molecule has 0 heterocycles. The summed E-state index contributed by atoms with van der Waals surface area (Å²) in [4.78, 5) is 25.4. The molecule has 0 unspecified atom stereocenters. The maximum atomic E-state index is 13.4. The minimum Gasteiger partial charge on any atom is -0.465 e. The summed E-state index contributed by atoms with van der Waals surface area (Å²) in [5.74, 6) is 1.78. The zero-order valence-electron chi connectivity index (χ0n) is 27.5. The van der Waals surface area contributed by atoms with E-state index in [2.05, 4.69) is 71.8 Å². The summed E-state index contributed by atoms with van der Waals surface area (Å²) in [6, 6.07) is 7.98. The molecule has 6 rings (SSSR count). The number of hydroxylamine groups is 1. The highest BCUT2D eigenvalue weighted by atomic mass is 16.5. The van der Waals surface area contributed by atoms with E-state index in [4.69, 9.17) is 4.74 Å². The number of esters is 1. The molecular formula is C38H53NO4. The van der Waals surface area contributed by atoms with E-state index in [0.29, 0.717) is 29.2 Å². The molecule has 0 aromatic heterocycles. The van der Waals surface area contributed by atoms with Gasteiger partial charge >= 0.3 is 5.97 Å². The van der Waals surface area contributed by atoms with Crippen molar-refractivity contribution in [3.63, 3.8) is 0 Å². The van der Waals surface area contributed by atoms with Crippen LogP contribution in [0.1, 0.15) is 115 Å². The van der Waals surface area contributed by atoms with Crippen LogP contribution in [0.2, 0.25) is 0 Å². The zero-order chi connectivity index (χ0) is 31.2. The molecule has 1 amide bonds. The van der Waals surface area contributed by atoms with Gasteiger partial charge in [-0.05, 0) is 139 Å². The molecule has 5 nitrogen and oxygen atoms in total. The predicted molar refractivity (Wildman–Crippen MR) is 170 cm³/mol. The number of carbonyl (C=O) groups excluding carboxylic acids is 2. The topological polar surface area (TPSA) is 75.6 Å². The minimum atomic E-state index is -0.471. The van der Waals surface area contributed by atoms with Gasteiger partial charge in [-0.25, -0.2) is 10.3 Å². The van der Waals surface area contributed by atoms with Gasteiger partial charge in [0.25, 0.3) is 0 Å². The molecule has 234 valence electrons. The van der Waals surface area contributed by atoms with Gasteiger partial charge in [0.15, 0.2) is 0 Å². The summed E-state index contributed by atoms with van der Waals surface area (Å²) in [5, 5.41) is 9.87. The lowest BCUT2D eigenvalue weighted by Crippen LogP contribution is -2.66. The van der Waals surface area contributed by atoms with Gasteiger partial charge in [-0.3, -0.25) is 10.0 Å². The van der Waals surface area contributed by atoms with Gasteiger partial charge in [0.2, 0.25) is 5.91 Å². The smallest absolute Gasteiger partial charge is 0.337 e. The number of hydrogen-bond donors (Lipinski definition) is 2. The second-order valence-corrected chi connectivity index (χ2v) is 16.4. The molecule has 0 bridgehead atoms. The van der Waals surface area contributed by atoms with Crippen molar-refractivity contribution in [3.05, 3.63) is 53.6 Å². The molecule has 9 atom stereocenters. The predicted octanol–water partition coefficient (Wildman–Crippen LogP) is 8.63. The van der Waals surface area contributed by atoms with Gasteiger partial charge in [0.1, 0.15) is 0 Å². The monoisotopic (exact) mass is 587 g/mol. The summed E-state index contributed by atoms with van der Waals surface area (Å²) < 4.78 is 4.93. The first-order chi connectivity index (χ1) is 20.2. The third-order valence-corrected chi connectivity index (χ3v) is 14.8. The maximum absolute atomic E-state index is 13.4. The summed E-state index contributed by atoms with van der Waals surface area (Å²) in [6.07, 6.45) is 12.1. The number of carbonyl (C=O) groups is 2. The fourth-order valence-electron chi connectivity index (χ4n) is 12.6. The number of hydrogen-bond acceptors (Lipinski definition) is 4. The van der Waals surface area contributed by atoms with E-state index < -0.39 is 5.41 Å². The number of benzene rings is 1. The van der Waals surface area contributed by atoms with E-state index in [-0.39, 0.29) is 39.5 Å². The SMILES string of the molecule is C=C(C)[C@@H]1CC[C@]2(C(=O)NO)CC[C@]3(C)[C@H](CC[C@@H]4[C@@]5(C)CC=C(c6ccc(C(=O)OC)cc6)C(C)(C)[C@@H]5CC[C@]43C)[C@@H]12. The number of ether oxygens (including phenoxy) is 1. The van der Waals surface area contributed by atoms with Crippen molar-refractivity contribution >= 4 is 17.4 Å². The summed E-state index contributed by atoms with van der Waals surface area (Å²) >= 11 is 0. The average Bonchev–Trinajstić information content (AvgIpc) is 3.38. The second-order valence-electron chi connectivity index (χ2n) is 16.4. The van der Waals surface area contributed by atoms with Crippen molar-refractivity contribution in [3.8, 4) is 0 Å². The van der Waals surface area contributed by atoms with Gasteiger partial charge < -0.3 is 4.74 Å². The highest BCUT2D eigenvalue weighted by Crippen LogP contribution is 2.77. The fraction of sp³-hybridized carbons (Fsp3) is 0.684. The first-order valence-electron chi connectivity index (χ1n) is 16.7. The Bertz CT molecular complexity index is 1360. The quantitative estimate of drug-likeness (QED) is 0.160. The van der Waals surface area contributed by atoms with E-state index in [0.717, 1.165) is 38.5 Å². The molecule has 1 aromatic rings. The normalized spacial score (nSPS) is 42.8. The third-order valence-electron chi connectivity index (χ3n) is 14.8. The molecule has 0 saturated heterocycles. The van der Waals surface area contributed by atoms with Crippen LogP contribution in [0.25, 0.3) is 5.57 Å². The van der Waals surface area contributed by atoms with Crippen LogP contribution >= 0.6 is 0 Å². The molecule has 1 aromatic carbocycles. The first-order valence-corrected chi connectivity index (χ1v) is 16.7. The highest BCUT2D eigenvalue weighted by molar-refractivity contribution is 5.90. The Morgan fingerprint density at radius 2 is 1.60 bits per heavy atom. The van der Waals surface area contributed by atoms with E-state index >= 15 is 0 Å². The van der Waals surface area contributed by atoms with Crippen molar-refractivity contribution in [2.24, 2.45) is 56.7 Å². The molecule has 5 aliphatic carbocycles. The summed E-state index contributed by atoms with van der Waals surface area (Å²) in [6.45, 7) is 19.3. The third kappa shape index (κ3) is 3.98. The van der Waals surface area contributed by atoms with Crippen molar-refractivity contribution < 1.29 is 19.5 Å². The number of allylic oxidation sites excluding steroid dienone is 3. The Labute approximate surface area is 258 Å². The second kappa shape index (κ2) is 10.1. The molecule has 4 fully saturated rings. The lowest BCUT2D eigenvalue weighted by atomic mass is 9.32. The van der Waals surface area contributed by atoms with Crippen molar-refractivity contribution in [2.45, 2.75) is 99.3 Å². The zero-order valence-corrected chi connectivity index (χ0v) is 27.5. The molecule has 0 spiro atoms. The van der Waals surface area contributed by atoms with E-state index in [1.54, 1.807) is 0 Å². The standard InChI is InChI=1S/C38H53NO4/c1-23(2)26-15-20-38(33(41)39-42)22-21-36(6)28(31(26)38)13-14-30-35(5)18-16-27(24-9-11-25(12-10-24)32(40)43-8)34(3,4)29(35)17-19-37(30,36)7/h9-12,16,26,28-31,42H,1,13-15,17-22H2,2-8H3,(H,39,41)/t26-,28+,29-,30+,31+,35-,36+,37+,38-/m0/s1. The Kier molecular flexibility index (Phi) is 7.16. The summed E-state index contributed by atoms with van der Waals surface area (Å²) in [7, 11) is 1.43. The Hall–Kier alpha value is -2.40. The van der Waals surface area contributed by atoms with Crippen LogP contribution in [0.3, 0.4) is 0 Å². The molecule has 5 aliphatic rings. The van der Waals surface area contributed by atoms with Crippen molar-refractivity contribution in [1.82, 2.24) is 5.48 Å². The molecule has 0 aliphatic heterocycles. The number of fused-ring (bicyclic) bond motifs is 7. The number of amides is 1. The minimum absolute atomic E-state index is 0.0102. The molecule has 2 N–H and O–H groups in total. The Balaban J connectivity index is 1.36. The molecule has 4 saturated carbocycles. The van der Waals surface area contributed by atoms with Crippen LogP contribution in [0.15, 0.2) is 42.5 Å². The number of rotatable bonds is 4. The van der Waals surface area contributed by atoms with Gasteiger partial charge in [0.05, 0.1) is 18.1 Å². The van der Waals surface area contributed by atoms with Crippen LogP contribution < -0.4 is 5.48 Å². The van der Waals surface area contributed by atoms with Crippen LogP contribution in [-0.4, -0.2) is 24.2 Å². The van der Waals surface area contributed by atoms with E-state index in [1.165, 1.54) is 43.1 Å². The first kappa shape index (κ1) is 30.6. The van der Waals surface area contributed by atoms with Crippen LogP contribution in [-0.2, 0) is 9.53 Å².